The average molecular weight is 483 g/mol. The number of pyridine rings is 1. The molecule has 2 fully saturated rings. The number of aryl methyl sites for hydroxylation is 1. The molecule has 1 aliphatic carbocycles. The number of hydrogen-bond donors (Lipinski definition) is 4. The Morgan fingerprint density at radius 3 is 2.88 bits per heavy atom. The number of aliphatic hydroxyl groups is 2. The zero-order valence-corrected chi connectivity index (χ0v) is 19.0. The maximum Gasteiger partial charge on any atom is 0.164 e. The van der Waals surface area contributed by atoms with Gasteiger partial charge in [-0.3, -0.25) is 0 Å². The summed E-state index contributed by atoms with van der Waals surface area (Å²) in [5.41, 5.74) is 12.4. The standard InChI is InChI=1S/C23H23ClN6O4/c1-10-8-30(21-16(10)20(26)27-9-28-21)22-17(31)23(32)5-4-15(18(23)34-22)33-12-3-2-11-6-13(24)19(25)29-14(11)7-12/h2-3,6-9,15,17-18,22,31-32H,4-5H2,1H3,(H2,25,29)(H2,26,27,28)/t15-,17?,18+,22+,23-/m0/s1. The lowest BCUT2D eigenvalue weighted by atomic mass is 9.94. The Morgan fingerprint density at radius 1 is 1.24 bits per heavy atom. The number of rotatable bonds is 3. The molecule has 1 saturated carbocycles. The Balaban J connectivity index is 1.31. The molecule has 34 heavy (non-hydrogen) atoms. The zero-order chi connectivity index (χ0) is 23.8. The van der Waals surface area contributed by atoms with Gasteiger partial charge in [0.1, 0.15) is 53.3 Å². The summed E-state index contributed by atoms with van der Waals surface area (Å²) in [7, 11) is 0. The van der Waals surface area contributed by atoms with Gasteiger partial charge in [-0.1, -0.05) is 11.6 Å². The molecule has 1 aromatic carbocycles. The molecule has 176 valence electrons. The van der Waals surface area contributed by atoms with Crippen molar-refractivity contribution in [2.75, 3.05) is 11.5 Å². The molecule has 1 saturated heterocycles. The first kappa shape index (κ1) is 21.4. The monoisotopic (exact) mass is 482 g/mol. The first-order valence-electron chi connectivity index (χ1n) is 10.9. The number of anilines is 2. The molecule has 4 heterocycles. The minimum atomic E-state index is -1.47. The topological polar surface area (TPSA) is 155 Å². The quantitative estimate of drug-likeness (QED) is 0.344. The van der Waals surface area contributed by atoms with Crippen LogP contribution in [0.2, 0.25) is 5.02 Å². The summed E-state index contributed by atoms with van der Waals surface area (Å²) in [6.45, 7) is 1.88. The lowest BCUT2D eigenvalue weighted by Gasteiger charge is -2.26. The highest BCUT2D eigenvalue weighted by molar-refractivity contribution is 6.33. The fraction of sp³-hybridized carbons (Fsp3) is 0.348. The fourth-order valence-corrected chi connectivity index (χ4v) is 5.36. The molecular weight excluding hydrogens is 460 g/mol. The lowest BCUT2D eigenvalue weighted by Crippen LogP contribution is -2.47. The van der Waals surface area contributed by atoms with Gasteiger partial charge >= 0.3 is 0 Å². The number of nitrogens with two attached hydrogens (primary N) is 2. The second-order valence-corrected chi connectivity index (χ2v) is 9.37. The molecule has 0 amide bonds. The fourth-order valence-electron chi connectivity index (χ4n) is 5.20. The Morgan fingerprint density at radius 2 is 2.06 bits per heavy atom. The molecule has 10 nitrogen and oxygen atoms in total. The summed E-state index contributed by atoms with van der Waals surface area (Å²) in [6.07, 6.45) is 0.740. The molecule has 5 atom stereocenters. The molecule has 6 N–H and O–H groups in total. The van der Waals surface area contributed by atoms with Crippen molar-refractivity contribution in [3.63, 3.8) is 0 Å². The van der Waals surface area contributed by atoms with Gasteiger partial charge in [0.15, 0.2) is 6.23 Å². The molecule has 1 aliphatic heterocycles. The molecule has 6 rings (SSSR count). The Hall–Kier alpha value is -3.18. The minimum absolute atomic E-state index is 0.241. The number of aromatic nitrogens is 4. The van der Waals surface area contributed by atoms with Gasteiger partial charge in [0.2, 0.25) is 0 Å². The predicted molar refractivity (Wildman–Crippen MR) is 126 cm³/mol. The third kappa shape index (κ3) is 3.03. The highest BCUT2D eigenvalue weighted by atomic mass is 35.5. The van der Waals surface area contributed by atoms with Gasteiger partial charge in [0.05, 0.1) is 15.9 Å². The van der Waals surface area contributed by atoms with Gasteiger partial charge < -0.3 is 35.7 Å². The summed E-state index contributed by atoms with van der Waals surface area (Å²) in [5, 5.41) is 24.4. The number of ether oxygens (including phenoxy) is 2. The molecule has 2 aliphatic rings. The number of halogens is 1. The second-order valence-electron chi connectivity index (χ2n) is 8.97. The van der Waals surface area contributed by atoms with E-state index in [9.17, 15) is 10.2 Å². The summed E-state index contributed by atoms with van der Waals surface area (Å²) in [4.78, 5) is 12.7. The van der Waals surface area contributed by atoms with Crippen molar-refractivity contribution in [2.24, 2.45) is 0 Å². The first-order chi connectivity index (χ1) is 16.3. The third-order valence-corrected chi connectivity index (χ3v) is 7.19. The number of aliphatic hydroxyl groups excluding tert-OH is 1. The summed E-state index contributed by atoms with van der Waals surface area (Å²) >= 11 is 6.06. The molecule has 4 aromatic rings. The van der Waals surface area contributed by atoms with Crippen molar-refractivity contribution >= 4 is 45.2 Å². The van der Waals surface area contributed by atoms with Gasteiger partial charge in [0.25, 0.3) is 0 Å². The Bertz CT molecular complexity index is 1440. The molecule has 0 spiro atoms. The van der Waals surface area contributed by atoms with Crippen molar-refractivity contribution in [3.05, 3.63) is 47.4 Å². The Labute approximate surface area is 199 Å². The largest absolute Gasteiger partial charge is 0.488 e. The van der Waals surface area contributed by atoms with Crippen molar-refractivity contribution in [3.8, 4) is 5.75 Å². The van der Waals surface area contributed by atoms with E-state index < -0.39 is 30.1 Å². The van der Waals surface area contributed by atoms with Crippen molar-refractivity contribution in [2.45, 2.75) is 49.9 Å². The van der Waals surface area contributed by atoms with Crippen molar-refractivity contribution < 1.29 is 19.7 Å². The molecule has 1 unspecified atom stereocenters. The molecule has 0 radical (unpaired) electrons. The zero-order valence-electron chi connectivity index (χ0n) is 18.2. The van der Waals surface area contributed by atoms with Crippen LogP contribution in [0.15, 0.2) is 36.8 Å². The van der Waals surface area contributed by atoms with E-state index in [-0.39, 0.29) is 5.82 Å². The van der Waals surface area contributed by atoms with Gasteiger partial charge in [0, 0.05) is 17.6 Å². The number of nitrogen functional groups attached to an aromatic ring is 2. The highest BCUT2D eigenvalue weighted by Gasteiger charge is 2.62. The average Bonchev–Trinajstić information content (AvgIpc) is 3.39. The van der Waals surface area contributed by atoms with Crippen LogP contribution in [0.5, 0.6) is 5.75 Å². The molecule has 3 aromatic heterocycles. The summed E-state index contributed by atoms with van der Waals surface area (Å²) < 4.78 is 14.2. The number of fused-ring (bicyclic) bond motifs is 3. The molecule has 11 heteroatoms. The van der Waals surface area contributed by atoms with E-state index in [1.165, 1.54) is 6.33 Å². The molecule has 0 bridgehead atoms. The SMILES string of the molecule is Cc1cn([C@@H]2O[C@@H]3[C@@H](Oc4ccc5cc(Cl)c(N)nc5c4)CC[C@]3(O)C2O)c2ncnc(N)c12. The van der Waals surface area contributed by atoms with Gasteiger partial charge in [-0.25, -0.2) is 15.0 Å². The number of hydrogen-bond acceptors (Lipinski definition) is 9. The Kier molecular flexibility index (Phi) is 4.65. The maximum atomic E-state index is 11.4. The van der Waals surface area contributed by atoms with Crippen LogP contribution in [-0.4, -0.2) is 53.6 Å². The smallest absolute Gasteiger partial charge is 0.164 e. The van der Waals surface area contributed by atoms with Crippen molar-refractivity contribution in [1.82, 2.24) is 19.5 Å². The lowest BCUT2D eigenvalue weighted by molar-refractivity contribution is -0.0791. The highest BCUT2D eigenvalue weighted by Crippen LogP contribution is 2.48. The normalized spacial score (nSPS) is 28.6. The van der Waals surface area contributed by atoms with E-state index in [0.717, 1.165) is 10.9 Å². The second kappa shape index (κ2) is 7.41. The van der Waals surface area contributed by atoms with Crippen LogP contribution in [-0.2, 0) is 4.74 Å². The van der Waals surface area contributed by atoms with Crippen LogP contribution in [0.4, 0.5) is 11.6 Å². The number of nitrogens with zero attached hydrogens (tertiary/aromatic N) is 4. The predicted octanol–water partition coefficient (Wildman–Crippen LogP) is 2.34. The van der Waals surface area contributed by atoms with Crippen LogP contribution >= 0.6 is 11.6 Å². The van der Waals surface area contributed by atoms with E-state index >= 15 is 0 Å². The van der Waals surface area contributed by atoms with Crippen molar-refractivity contribution in [1.29, 1.82) is 0 Å². The summed E-state index contributed by atoms with van der Waals surface area (Å²) in [5.74, 6) is 1.14. The van der Waals surface area contributed by atoms with Crippen LogP contribution in [0.25, 0.3) is 21.9 Å². The van der Waals surface area contributed by atoms with Gasteiger partial charge in [-0.05, 0) is 43.5 Å². The first-order valence-corrected chi connectivity index (χ1v) is 11.3. The summed E-state index contributed by atoms with van der Waals surface area (Å²) in [6, 6.07) is 7.16. The van der Waals surface area contributed by atoms with Gasteiger partial charge in [-0.2, -0.15) is 0 Å². The number of benzene rings is 1. The minimum Gasteiger partial charge on any atom is -0.488 e. The van der Waals surface area contributed by atoms with Crippen LogP contribution in [0, 0.1) is 6.92 Å². The van der Waals surface area contributed by atoms with E-state index in [4.69, 9.17) is 32.5 Å². The van der Waals surface area contributed by atoms with Crippen LogP contribution in [0.3, 0.4) is 0 Å². The van der Waals surface area contributed by atoms with E-state index in [0.29, 0.717) is 46.0 Å². The van der Waals surface area contributed by atoms with Crippen LogP contribution in [0.1, 0.15) is 24.6 Å². The van der Waals surface area contributed by atoms with Crippen LogP contribution < -0.4 is 16.2 Å². The van der Waals surface area contributed by atoms with Gasteiger partial charge in [-0.15, -0.1) is 0 Å². The van der Waals surface area contributed by atoms with E-state index in [1.54, 1.807) is 29.0 Å². The van der Waals surface area contributed by atoms with E-state index in [2.05, 4.69) is 15.0 Å². The third-order valence-electron chi connectivity index (χ3n) is 6.89. The maximum absolute atomic E-state index is 11.4. The molecular formula is C23H23ClN6O4. The van der Waals surface area contributed by atoms with E-state index in [1.807, 2.05) is 13.0 Å².